The van der Waals surface area contributed by atoms with Crippen molar-refractivity contribution in [3.05, 3.63) is 53.2 Å². The molecule has 2 aromatic heterocycles. The van der Waals surface area contributed by atoms with Crippen LogP contribution in [0.1, 0.15) is 31.7 Å². The summed E-state index contributed by atoms with van der Waals surface area (Å²) in [5.74, 6) is 0.370. The van der Waals surface area contributed by atoms with Crippen LogP contribution in [0.4, 0.5) is 0 Å². The number of unbranched alkanes of at least 4 members (excludes halogenated alkanes) is 2. The predicted molar refractivity (Wildman–Crippen MR) is 87.0 cm³/mol. The molecular weight excluding hydrogens is 317 g/mol. The normalized spacial score (nSPS) is 10.8. The highest BCUT2D eigenvalue weighted by atomic mass is 35.5. The topological polar surface area (TPSA) is 24.3 Å². The summed E-state index contributed by atoms with van der Waals surface area (Å²) in [6.45, 7) is 2.19. The van der Waals surface area contributed by atoms with E-state index < -0.39 is 0 Å². The molecule has 0 aliphatic rings. The summed E-state index contributed by atoms with van der Waals surface area (Å²) in [5, 5.41) is 12.2. The van der Waals surface area contributed by atoms with Gasteiger partial charge in [0.05, 0.1) is 10.9 Å². The van der Waals surface area contributed by atoms with Crippen molar-refractivity contribution in [2.45, 2.75) is 32.6 Å². The molecule has 0 atom stereocenters. The van der Waals surface area contributed by atoms with Gasteiger partial charge in [0, 0.05) is 12.1 Å². The number of hydrogen-bond acceptors (Lipinski definition) is 1. The molecule has 0 saturated heterocycles. The Hall–Kier alpha value is -1.51. The molecule has 0 radical (unpaired) electrons. The summed E-state index contributed by atoms with van der Waals surface area (Å²) in [6, 6.07) is 11.7. The van der Waals surface area contributed by atoms with Gasteiger partial charge in [-0.2, -0.15) is 4.40 Å². The van der Waals surface area contributed by atoms with Crippen LogP contribution in [0.5, 0.6) is 5.75 Å². The Bertz CT molecular complexity index is 802. The van der Waals surface area contributed by atoms with Crippen molar-refractivity contribution >= 4 is 28.0 Å². The first-order chi connectivity index (χ1) is 10.2. The number of rotatable bonds is 4. The maximum Gasteiger partial charge on any atom is 0.240 e. The molecule has 0 amide bonds. The van der Waals surface area contributed by atoms with Crippen LogP contribution in [0, 0.1) is 0 Å². The minimum Gasteiger partial charge on any atom is -1.00 e. The number of pyridine rings is 2. The molecule has 0 fully saturated rings. The van der Waals surface area contributed by atoms with E-state index in [4.69, 9.17) is 11.6 Å². The zero-order valence-corrected chi connectivity index (χ0v) is 14.0. The fraction of sp³-hybridized carbons (Fsp3) is 0.278. The van der Waals surface area contributed by atoms with Gasteiger partial charge >= 0.3 is 0 Å². The Morgan fingerprint density at radius 1 is 1.09 bits per heavy atom. The van der Waals surface area contributed by atoms with Crippen molar-refractivity contribution in [1.29, 1.82) is 0 Å². The number of aryl methyl sites for hydroxylation is 1. The lowest BCUT2D eigenvalue weighted by atomic mass is 10.0. The third-order valence-corrected chi connectivity index (χ3v) is 4.27. The van der Waals surface area contributed by atoms with Gasteiger partial charge in [0.2, 0.25) is 11.0 Å². The van der Waals surface area contributed by atoms with E-state index in [2.05, 4.69) is 11.3 Å². The van der Waals surface area contributed by atoms with E-state index in [0.29, 0.717) is 10.8 Å². The molecular formula is C18H19Cl2NO. The van der Waals surface area contributed by atoms with Crippen molar-refractivity contribution in [2.75, 3.05) is 0 Å². The number of benzene rings is 1. The van der Waals surface area contributed by atoms with Gasteiger partial charge in [-0.05, 0) is 31.0 Å². The molecule has 1 aromatic carbocycles. The number of hydrogen-bond donors (Lipinski definition) is 1. The zero-order valence-electron chi connectivity index (χ0n) is 12.5. The summed E-state index contributed by atoms with van der Waals surface area (Å²) in [5.41, 5.74) is 2.91. The molecule has 1 N–H and O–H groups in total. The van der Waals surface area contributed by atoms with Crippen LogP contribution in [0.3, 0.4) is 0 Å². The molecule has 0 aliphatic heterocycles. The van der Waals surface area contributed by atoms with E-state index >= 15 is 0 Å². The molecule has 116 valence electrons. The average Bonchev–Trinajstić information content (AvgIpc) is 2.50. The fourth-order valence-corrected chi connectivity index (χ4v) is 3.18. The first-order valence-electron chi connectivity index (χ1n) is 7.46. The number of para-hydroxylation sites is 1. The lowest BCUT2D eigenvalue weighted by molar-refractivity contribution is -0.482. The number of aromatic hydroxyl groups is 1. The van der Waals surface area contributed by atoms with E-state index in [1.165, 1.54) is 12.8 Å². The second kappa shape index (κ2) is 7.17. The van der Waals surface area contributed by atoms with E-state index in [-0.39, 0.29) is 12.4 Å². The lowest BCUT2D eigenvalue weighted by Crippen LogP contribution is -3.00. The minimum atomic E-state index is 0. The summed E-state index contributed by atoms with van der Waals surface area (Å²) in [7, 11) is 0. The zero-order chi connectivity index (χ0) is 14.8. The van der Waals surface area contributed by atoms with Crippen LogP contribution in [0.25, 0.3) is 16.4 Å². The maximum atomic E-state index is 10.7. The van der Waals surface area contributed by atoms with Gasteiger partial charge in [-0.25, -0.2) is 0 Å². The Kier molecular flexibility index (Phi) is 5.49. The second-order valence-corrected chi connectivity index (χ2v) is 5.78. The van der Waals surface area contributed by atoms with Crippen LogP contribution in [0.15, 0.2) is 42.6 Å². The van der Waals surface area contributed by atoms with Gasteiger partial charge < -0.3 is 17.5 Å². The van der Waals surface area contributed by atoms with E-state index in [1.54, 1.807) is 0 Å². The Balaban J connectivity index is 0.00000176. The van der Waals surface area contributed by atoms with Crippen LogP contribution in [-0.2, 0) is 6.42 Å². The van der Waals surface area contributed by atoms with Gasteiger partial charge in [-0.1, -0.05) is 37.4 Å². The van der Waals surface area contributed by atoms with Gasteiger partial charge in [-0.3, -0.25) is 0 Å². The minimum absolute atomic E-state index is 0. The van der Waals surface area contributed by atoms with Crippen molar-refractivity contribution in [1.82, 2.24) is 0 Å². The van der Waals surface area contributed by atoms with Crippen molar-refractivity contribution in [2.24, 2.45) is 0 Å². The standard InChI is InChI=1S/C18H18ClNO.ClH/c1-2-3-4-8-13-16-11-5-6-12-20(16)17-14(18(13)21)9-7-10-15(17)19;/h5-7,9-12H,2-4,8H2,1H3;1H. The van der Waals surface area contributed by atoms with Crippen LogP contribution < -0.4 is 16.8 Å². The van der Waals surface area contributed by atoms with Gasteiger partial charge in [0.1, 0.15) is 10.8 Å². The molecule has 3 aromatic rings. The Morgan fingerprint density at radius 2 is 1.91 bits per heavy atom. The quantitative estimate of drug-likeness (QED) is 0.438. The highest BCUT2D eigenvalue weighted by Gasteiger charge is 2.21. The van der Waals surface area contributed by atoms with Crippen LogP contribution in [0.2, 0.25) is 5.02 Å². The fourth-order valence-electron chi connectivity index (χ4n) is 2.92. The van der Waals surface area contributed by atoms with Gasteiger partial charge in [-0.15, -0.1) is 0 Å². The SMILES string of the molecule is CCCCCc1c(O)c2cccc(Cl)c2[n+]2ccccc12.[Cl-]. The first-order valence-corrected chi connectivity index (χ1v) is 7.84. The molecule has 0 unspecified atom stereocenters. The monoisotopic (exact) mass is 335 g/mol. The number of aromatic nitrogens is 1. The molecule has 0 aliphatic carbocycles. The Labute approximate surface area is 141 Å². The third kappa shape index (κ3) is 2.86. The molecule has 3 rings (SSSR count). The molecule has 0 spiro atoms. The summed E-state index contributed by atoms with van der Waals surface area (Å²) in [4.78, 5) is 0. The Morgan fingerprint density at radius 3 is 2.68 bits per heavy atom. The molecule has 4 heteroatoms. The smallest absolute Gasteiger partial charge is 0.240 e. The number of nitrogens with zero attached hydrogens (tertiary/aromatic N) is 1. The maximum absolute atomic E-state index is 10.7. The van der Waals surface area contributed by atoms with Crippen LogP contribution in [-0.4, -0.2) is 5.11 Å². The van der Waals surface area contributed by atoms with Crippen molar-refractivity contribution in [3.63, 3.8) is 0 Å². The summed E-state index contributed by atoms with van der Waals surface area (Å²) in [6.07, 6.45) is 6.32. The summed E-state index contributed by atoms with van der Waals surface area (Å²) < 4.78 is 2.08. The molecule has 2 nitrogen and oxygen atoms in total. The van der Waals surface area contributed by atoms with E-state index in [1.807, 2.05) is 42.6 Å². The molecule has 22 heavy (non-hydrogen) atoms. The van der Waals surface area contributed by atoms with Crippen molar-refractivity contribution in [3.8, 4) is 5.75 Å². The first kappa shape index (κ1) is 16.9. The highest BCUT2D eigenvalue weighted by Crippen LogP contribution is 2.33. The van der Waals surface area contributed by atoms with Crippen molar-refractivity contribution < 1.29 is 21.9 Å². The molecule has 2 heterocycles. The van der Waals surface area contributed by atoms with Gasteiger partial charge in [0.15, 0.2) is 6.20 Å². The summed E-state index contributed by atoms with van der Waals surface area (Å²) >= 11 is 6.36. The largest absolute Gasteiger partial charge is 1.00 e. The van der Waals surface area contributed by atoms with E-state index in [9.17, 15) is 5.11 Å². The van der Waals surface area contributed by atoms with Crippen LogP contribution >= 0.6 is 11.6 Å². The van der Waals surface area contributed by atoms with Gasteiger partial charge in [0.25, 0.3) is 0 Å². The average molecular weight is 336 g/mol. The predicted octanol–water partition coefficient (Wildman–Crippen LogP) is 1.67. The highest BCUT2D eigenvalue weighted by molar-refractivity contribution is 6.34. The number of fused-ring (bicyclic) bond motifs is 3. The molecule has 0 saturated carbocycles. The van der Waals surface area contributed by atoms with E-state index in [0.717, 1.165) is 34.8 Å². The lowest BCUT2D eigenvalue weighted by Gasteiger charge is -2.08. The number of halogens is 2. The molecule has 0 bridgehead atoms. The third-order valence-electron chi connectivity index (χ3n) is 3.97. The second-order valence-electron chi connectivity index (χ2n) is 5.38.